The third kappa shape index (κ3) is 4.14. The highest BCUT2D eigenvalue weighted by molar-refractivity contribution is 6.28. The van der Waals surface area contributed by atoms with Crippen molar-refractivity contribution in [2.24, 2.45) is 0 Å². The number of hydrogen-bond donors (Lipinski definition) is 2. The summed E-state index contributed by atoms with van der Waals surface area (Å²) in [5.41, 5.74) is 0. The molecule has 0 aromatic carbocycles. The van der Waals surface area contributed by atoms with Gasteiger partial charge >= 0.3 is 6.03 Å². The molecule has 4 nitrogen and oxygen atoms in total. The Bertz CT molecular complexity index is 138. The lowest BCUT2D eigenvalue weighted by Gasteiger charge is -2.00. The largest absolute Gasteiger partial charge is 0.338 e. The van der Waals surface area contributed by atoms with Crippen LogP contribution in [-0.2, 0) is 4.79 Å². The molecule has 58 valence electrons. The number of carbonyl (C=O) groups excluding carboxylic acids is 2. The van der Waals surface area contributed by atoms with Crippen molar-refractivity contribution in [3.63, 3.8) is 0 Å². The zero-order valence-corrected chi connectivity index (χ0v) is 6.36. The fourth-order valence-corrected chi connectivity index (χ4v) is 0.432. The van der Waals surface area contributed by atoms with Crippen LogP contribution in [0.1, 0.15) is 6.92 Å². The molecule has 0 aliphatic heterocycles. The van der Waals surface area contributed by atoms with Crippen molar-refractivity contribution in [2.45, 2.75) is 6.92 Å². The summed E-state index contributed by atoms with van der Waals surface area (Å²) in [7, 11) is 0. The van der Waals surface area contributed by atoms with Gasteiger partial charge in [-0.15, -0.1) is 11.6 Å². The molecule has 0 unspecified atom stereocenters. The van der Waals surface area contributed by atoms with Crippen LogP contribution < -0.4 is 10.6 Å². The minimum Gasteiger partial charge on any atom is -0.338 e. The topological polar surface area (TPSA) is 58.2 Å². The zero-order chi connectivity index (χ0) is 7.98. The van der Waals surface area contributed by atoms with Crippen LogP contribution in [0.5, 0.6) is 0 Å². The molecule has 2 N–H and O–H groups in total. The zero-order valence-electron chi connectivity index (χ0n) is 5.61. The first-order valence-corrected chi connectivity index (χ1v) is 3.37. The average Bonchev–Trinajstić information content (AvgIpc) is 1.88. The van der Waals surface area contributed by atoms with E-state index in [2.05, 4.69) is 5.32 Å². The lowest BCUT2D eigenvalue weighted by Crippen LogP contribution is -2.39. The Morgan fingerprint density at radius 1 is 1.50 bits per heavy atom. The highest BCUT2D eigenvalue weighted by Crippen LogP contribution is 1.73. The van der Waals surface area contributed by atoms with Gasteiger partial charge in [0.1, 0.15) is 5.88 Å². The molecule has 0 atom stereocenters. The SMILES string of the molecule is CCNC(=O)NC(=O)CCl. The van der Waals surface area contributed by atoms with E-state index in [0.717, 1.165) is 0 Å². The van der Waals surface area contributed by atoms with E-state index in [1.807, 2.05) is 5.32 Å². The summed E-state index contributed by atoms with van der Waals surface area (Å²) >= 11 is 5.10. The van der Waals surface area contributed by atoms with E-state index < -0.39 is 11.9 Å². The number of rotatable bonds is 2. The minimum atomic E-state index is -0.506. The van der Waals surface area contributed by atoms with E-state index in [1.54, 1.807) is 6.92 Å². The first kappa shape index (κ1) is 9.23. The fourth-order valence-electron chi connectivity index (χ4n) is 0.365. The molecule has 0 spiro atoms. The molecule has 0 radical (unpaired) electrons. The quantitative estimate of drug-likeness (QED) is 0.568. The van der Waals surface area contributed by atoms with Gasteiger partial charge in [-0.3, -0.25) is 10.1 Å². The normalized spacial score (nSPS) is 8.60. The Kier molecular flexibility index (Phi) is 4.66. The smallest absolute Gasteiger partial charge is 0.321 e. The second-order valence-electron chi connectivity index (χ2n) is 1.54. The van der Waals surface area contributed by atoms with E-state index in [1.165, 1.54) is 0 Å². The van der Waals surface area contributed by atoms with Crippen LogP contribution in [0.4, 0.5) is 4.79 Å². The molecule has 0 aromatic rings. The van der Waals surface area contributed by atoms with E-state index in [4.69, 9.17) is 11.6 Å². The highest BCUT2D eigenvalue weighted by Gasteiger charge is 2.02. The molecule has 3 amide bonds. The van der Waals surface area contributed by atoms with Crippen molar-refractivity contribution < 1.29 is 9.59 Å². The lowest BCUT2D eigenvalue weighted by molar-refractivity contribution is -0.117. The molecule has 0 aromatic heterocycles. The maximum atomic E-state index is 10.5. The number of nitrogens with one attached hydrogen (secondary N) is 2. The Morgan fingerprint density at radius 2 is 2.10 bits per heavy atom. The van der Waals surface area contributed by atoms with Crippen molar-refractivity contribution in [3.8, 4) is 0 Å². The van der Waals surface area contributed by atoms with Crippen molar-refractivity contribution in [3.05, 3.63) is 0 Å². The van der Waals surface area contributed by atoms with Crippen molar-refractivity contribution in [1.29, 1.82) is 0 Å². The van der Waals surface area contributed by atoms with Crippen LogP contribution in [-0.4, -0.2) is 24.4 Å². The maximum absolute atomic E-state index is 10.5. The molecule has 0 bridgehead atoms. The van der Waals surface area contributed by atoms with Gasteiger partial charge in [-0.2, -0.15) is 0 Å². The van der Waals surface area contributed by atoms with Crippen LogP contribution in [0, 0.1) is 0 Å². The number of hydrogen-bond acceptors (Lipinski definition) is 2. The molecule has 10 heavy (non-hydrogen) atoms. The Morgan fingerprint density at radius 3 is 2.50 bits per heavy atom. The van der Waals surface area contributed by atoms with Gasteiger partial charge in [-0.05, 0) is 6.92 Å². The van der Waals surface area contributed by atoms with Crippen molar-refractivity contribution in [1.82, 2.24) is 10.6 Å². The number of halogens is 1. The minimum absolute atomic E-state index is 0.197. The van der Waals surface area contributed by atoms with Crippen LogP contribution in [0.2, 0.25) is 0 Å². The Labute approximate surface area is 63.9 Å². The maximum Gasteiger partial charge on any atom is 0.321 e. The summed E-state index contributed by atoms with van der Waals surface area (Å²) in [6.45, 7) is 2.24. The monoisotopic (exact) mass is 164 g/mol. The van der Waals surface area contributed by atoms with Crippen molar-refractivity contribution in [2.75, 3.05) is 12.4 Å². The second kappa shape index (κ2) is 5.05. The van der Waals surface area contributed by atoms with E-state index in [9.17, 15) is 9.59 Å². The molecule has 0 saturated carbocycles. The predicted molar refractivity (Wildman–Crippen MR) is 37.9 cm³/mol. The third-order valence-electron chi connectivity index (χ3n) is 0.712. The summed E-state index contributed by atoms with van der Waals surface area (Å²) in [4.78, 5) is 20.9. The first-order valence-electron chi connectivity index (χ1n) is 2.84. The third-order valence-corrected chi connectivity index (χ3v) is 0.954. The van der Waals surface area contributed by atoms with Gasteiger partial charge in [0, 0.05) is 6.54 Å². The summed E-state index contributed by atoms with van der Waals surface area (Å²) in [6, 6.07) is -0.506. The molecule has 0 aliphatic carbocycles. The first-order chi connectivity index (χ1) is 4.70. The number of alkyl halides is 1. The van der Waals surface area contributed by atoms with Crippen LogP contribution in [0.25, 0.3) is 0 Å². The predicted octanol–water partition coefficient (Wildman–Crippen LogP) is 0.0709. The van der Waals surface area contributed by atoms with Gasteiger partial charge in [0.2, 0.25) is 5.91 Å². The summed E-state index contributed by atoms with van der Waals surface area (Å²) in [5.74, 6) is -0.690. The molecule has 0 fully saturated rings. The molecular weight excluding hydrogens is 156 g/mol. The average molecular weight is 165 g/mol. The number of amides is 3. The van der Waals surface area contributed by atoms with Gasteiger partial charge in [-0.25, -0.2) is 4.79 Å². The number of urea groups is 1. The summed E-state index contributed by atoms with van der Waals surface area (Å²) < 4.78 is 0. The fraction of sp³-hybridized carbons (Fsp3) is 0.600. The van der Waals surface area contributed by atoms with Gasteiger partial charge in [0.25, 0.3) is 0 Å². The Hall–Kier alpha value is -0.770. The van der Waals surface area contributed by atoms with Crippen molar-refractivity contribution >= 4 is 23.5 Å². The number of carbonyl (C=O) groups is 2. The molecular formula is C5H9ClN2O2. The van der Waals surface area contributed by atoms with E-state index >= 15 is 0 Å². The van der Waals surface area contributed by atoms with Gasteiger partial charge in [0.05, 0.1) is 0 Å². The second-order valence-corrected chi connectivity index (χ2v) is 1.81. The summed E-state index contributed by atoms with van der Waals surface area (Å²) in [5, 5.41) is 4.39. The Balaban J connectivity index is 3.47. The molecule has 0 heterocycles. The lowest BCUT2D eigenvalue weighted by atomic mass is 10.6. The molecule has 0 aliphatic rings. The van der Waals surface area contributed by atoms with Gasteiger partial charge in [-0.1, -0.05) is 0 Å². The van der Waals surface area contributed by atoms with Crippen LogP contribution in [0.3, 0.4) is 0 Å². The van der Waals surface area contributed by atoms with E-state index in [0.29, 0.717) is 6.54 Å². The van der Waals surface area contributed by atoms with Gasteiger partial charge < -0.3 is 5.32 Å². The van der Waals surface area contributed by atoms with Gasteiger partial charge in [0.15, 0.2) is 0 Å². The number of imide groups is 1. The standard InChI is InChI=1S/C5H9ClN2O2/c1-2-7-5(10)8-4(9)3-6/h2-3H2,1H3,(H2,7,8,9,10). The molecule has 0 saturated heterocycles. The van der Waals surface area contributed by atoms with Crippen LogP contribution >= 0.6 is 11.6 Å². The summed E-state index contributed by atoms with van der Waals surface area (Å²) in [6.07, 6.45) is 0. The highest BCUT2D eigenvalue weighted by atomic mass is 35.5. The van der Waals surface area contributed by atoms with E-state index in [-0.39, 0.29) is 5.88 Å². The molecule has 0 rings (SSSR count). The molecule has 5 heteroatoms. The van der Waals surface area contributed by atoms with Crippen LogP contribution in [0.15, 0.2) is 0 Å².